The minimum Gasteiger partial charge on any atom is -0.481 e. The third kappa shape index (κ3) is 1.34. The molecule has 0 radical (unpaired) electrons. The molecule has 1 rings (SSSR count). The molecular weight excluding hydrogens is 146 g/mol. The SMILES string of the molecule is CC1(C(=O)O)CC(NC=O)C1. The number of nitrogens with one attached hydrogen (secondary N) is 1. The topological polar surface area (TPSA) is 66.4 Å². The largest absolute Gasteiger partial charge is 0.481 e. The van der Waals surface area contributed by atoms with Crippen molar-refractivity contribution in [3.8, 4) is 0 Å². The quantitative estimate of drug-likeness (QED) is 0.566. The molecule has 4 nitrogen and oxygen atoms in total. The van der Waals surface area contributed by atoms with Crippen LogP contribution < -0.4 is 5.32 Å². The van der Waals surface area contributed by atoms with Gasteiger partial charge in [0.05, 0.1) is 5.41 Å². The molecule has 11 heavy (non-hydrogen) atoms. The van der Waals surface area contributed by atoms with E-state index in [4.69, 9.17) is 5.11 Å². The number of hydrogen-bond donors (Lipinski definition) is 2. The number of aliphatic carboxylic acids is 1. The molecule has 1 amide bonds. The lowest BCUT2D eigenvalue weighted by molar-refractivity contribution is -0.154. The molecule has 1 aliphatic rings. The zero-order chi connectivity index (χ0) is 8.48. The van der Waals surface area contributed by atoms with Gasteiger partial charge in [-0.15, -0.1) is 0 Å². The van der Waals surface area contributed by atoms with Gasteiger partial charge in [-0.3, -0.25) is 9.59 Å². The van der Waals surface area contributed by atoms with Gasteiger partial charge in [-0.05, 0) is 19.8 Å². The fraction of sp³-hybridized carbons (Fsp3) is 0.714. The molecule has 0 aromatic heterocycles. The van der Waals surface area contributed by atoms with Gasteiger partial charge in [0.2, 0.25) is 6.41 Å². The van der Waals surface area contributed by atoms with Crippen LogP contribution in [0.1, 0.15) is 19.8 Å². The fourth-order valence-corrected chi connectivity index (χ4v) is 1.42. The molecule has 0 aromatic carbocycles. The van der Waals surface area contributed by atoms with Gasteiger partial charge in [-0.2, -0.15) is 0 Å². The van der Waals surface area contributed by atoms with Crippen LogP contribution in [0.15, 0.2) is 0 Å². The Balaban J connectivity index is 2.37. The number of carbonyl (C=O) groups is 2. The van der Waals surface area contributed by atoms with E-state index in [0.717, 1.165) is 0 Å². The third-order valence-electron chi connectivity index (χ3n) is 2.21. The number of carboxylic acid groups (broad SMARTS) is 1. The Morgan fingerprint density at radius 1 is 1.73 bits per heavy atom. The van der Waals surface area contributed by atoms with Crippen LogP contribution in [-0.4, -0.2) is 23.5 Å². The van der Waals surface area contributed by atoms with Crippen LogP contribution in [0.2, 0.25) is 0 Å². The lowest BCUT2D eigenvalue weighted by atomic mass is 9.67. The maximum absolute atomic E-state index is 10.5. The second-order valence-corrected chi connectivity index (χ2v) is 3.26. The second-order valence-electron chi connectivity index (χ2n) is 3.26. The molecule has 0 unspecified atom stereocenters. The van der Waals surface area contributed by atoms with Crippen LogP contribution in [0.25, 0.3) is 0 Å². The van der Waals surface area contributed by atoms with Crippen molar-refractivity contribution in [1.29, 1.82) is 0 Å². The van der Waals surface area contributed by atoms with Gasteiger partial charge in [-0.1, -0.05) is 0 Å². The molecule has 4 heteroatoms. The first-order chi connectivity index (χ1) is 5.08. The summed E-state index contributed by atoms with van der Waals surface area (Å²) in [6.45, 7) is 1.69. The maximum Gasteiger partial charge on any atom is 0.309 e. The maximum atomic E-state index is 10.5. The highest BCUT2D eigenvalue weighted by molar-refractivity contribution is 5.75. The molecule has 62 valence electrons. The van der Waals surface area contributed by atoms with Gasteiger partial charge in [0.1, 0.15) is 0 Å². The van der Waals surface area contributed by atoms with Gasteiger partial charge in [0.15, 0.2) is 0 Å². The number of rotatable bonds is 3. The average Bonchev–Trinajstić information content (AvgIpc) is 1.84. The van der Waals surface area contributed by atoms with Crippen LogP contribution in [0.5, 0.6) is 0 Å². The predicted octanol–water partition coefficient (Wildman–Crippen LogP) is -0.0143. The van der Waals surface area contributed by atoms with Crippen molar-refractivity contribution in [3.05, 3.63) is 0 Å². The molecule has 0 spiro atoms. The van der Waals surface area contributed by atoms with E-state index >= 15 is 0 Å². The van der Waals surface area contributed by atoms with Gasteiger partial charge in [-0.25, -0.2) is 0 Å². The highest BCUT2D eigenvalue weighted by Gasteiger charge is 2.46. The highest BCUT2D eigenvalue weighted by atomic mass is 16.4. The molecule has 1 aliphatic carbocycles. The predicted molar refractivity (Wildman–Crippen MR) is 38.0 cm³/mol. The standard InChI is InChI=1S/C7H11NO3/c1-7(6(10)11)2-5(3-7)8-4-9/h4-5H,2-3H2,1H3,(H,8,9)(H,10,11). The Hall–Kier alpha value is -1.06. The van der Waals surface area contributed by atoms with Crippen molar-refractivity contribution in [2.24, 2.45) is 5.41 Å². The van der Waals surface area contributed by atoms with Crippen LogP contribution in [0.4, 0.5) is 0 Å². The van der Waals surface area contributed by atoms with Gasteiger partial charge in [0, 0.05) is 6.04 Å². The van der Waals surface area contributed by atoms with E-state index in [1.165, 1.54) is 0 Å². The summed E-state index contributed by atoms with van der Waals surface area (Å²) in [5.74, 6) is -0.776. The summed E-state index contributed by atoms with van der Waals surface area (Å²) in [6, 6.07) is 0.0635. The van der Waals surface area contributed by atoms with Crippen molar-refractivity contribution in [3.63, 3.8) is 0 Å². The van der Waals surface area contributed by atoms with E-state index in [1.54, 1.807) is 6.92 Å². The first-order valence-electron chi connectivity index (χ1n) is 3.51. The Morgan fingerprint density at radius 3 is 2.64 bits per heavy atom. The summed E-state index contributed by atoms with van der Waals surface area (Å²) < 4.78 is 0. The highest BCUT2D eigenvalue weighted by Crippen LogP contribution is 2.40. The van der Waals surface area contributed by atoms with E-state index in [-0.39, 0.29) is 6.04 Å². The van der Waals surface area contributed by atoms with E-state index in [9.17, 15) is 9.59 Å². The summed E-state index contributed by atoms with van der Waals surface area (Å²) in [6.07, 6.45) is 1.70. The van der Waals surface area contributed by atoms with Crippen molar-refractivity contribution in [2.45, 2.75) is 25.8 Å². The molecule has 1 fully saturated rings. The van der Waals surface area contributed by atoms with Crippen molar-refractivity contribution < 1.29 is 14.7 Å². The van der Waals surface area contributed by atoms with Crippen molar-refractivity contribution >= 4 is 12.4 Å². The van der Waals surface area contributed by atoms with E-state index < -0.39 is 11.4 Å². The average molecular weight is 157 g/mol. The number of carbonyl (C=O) groups excluding carboxylic acids is 1. The van der Waals surface area contributed by atoms with Crippen LogP contribution in [0, 0.1) is 5.41 Å². The molecule has 0 aromatic rings. The summed E-state index contributed by atoms with van der Waals surface area (Å²) >= 11 is 0. The molecule has 1 saturated carbocycles. The molecule has 0 saturated heterocycles. The molecule has 0 aliphatic heterocycles. The Labute approximate surface area is 64.6 Å². The van der Waals surface area contributed by atoms with Gasteiger partial charge < -0.3 is 10.4 Å². The minimum atomic E-state index is -0.776. The minimum absolute atomic E-state index is 0.0635. The van der Waals surface area contributed by atoms with Crippen molar-refractivity contribution in [1.82, 2.24) is 5.32 Å². The normalized spacial score (nSPS) is 35.5. The van der Waals surface area contributed by atoms with E-state index in [1.807, 2.05) is 0 Å². The summed E-state index contributed by atoms with van der Waals surface area (Å²) in [7, 11) is 0. The number of carboxylic acids is 1. The van der Waals surface area contributed by atoms with Crippen LogP contribution in [0.3, 0.4) is 0 Å². The molecule has 2 N–H and O–H groups in total. The van der Waals surface area contributed by atoms with Gasteiger partial charge >= 0.3 is 5.97 Å². The summed E-state index contributed by atoms with van der Waals surface area (Å²) in [5.41, 5.74) is -0.610. The van der Waals surface area contributed by atoms with Gasteiger partial charge in [0.25, 0.3) is 0 Å². The molecule has 0 bridgehead atoms. The van der Waals surface area contributed by atoms with Crippen molar-refractivity contribution in [2.75, 3.05) is 0 Å². The number of amides is 1. The van der Waals surface area contributed by atoms with Crippen LogP contribution >= 0.6 is 0 Å². The fourth-order valence-electron chi connectivity index (χ4n) is 1.42. The summed E-state index contributed by atoms with van der Waals surface area (Å²) in [4.78, 5) is 20.5. The van der Waals surface area contributed by atoms with E-state index in [2.05, 4.69) is 5.32 Å². The first-order valence-corrected chi connectivity index (χ1v) is 3.51. The van der Waals surface area contributed by atoms with Crippen LogP contribution in [-0.2, 0) is 9.59 Å². The van der Waals surface area contributed by atoms with E-state index in [0.29, 0.717) is 19.3 Å². The number of hydrogen-bond acceptors (Lipinski definition) is 2. The first kappa shape index (κ1) is 8.04. The monoisotopic (exact) mass is 157 g/mol. The molecular formula is C7H11NO3. The zero-order valence-corrected chi connectivity index (χ0v) is 6.33. The zero-order valence-electron chi connectivity index (χ0n) is 6.33. The second kappa shape index (κ2) is 2.53. The lowest BCUT2D eigenvalue weighted by Crippen LogP contribution is -2.50. The molecule has 0 atom stereocenters. The third-order valence-corrected chi connectivity index (χ3v) is 2.21. The summed E-state index contributed by atoms with van der Waals surface area (Å²) in [5, 5.41) is 11.2. The Bertz CT molecular complexity index is 184. The smallest absolute Gasteiger partial charge is 0.309 e. The lowest BCUT2D eigenvalue weighted by Gasteiger charge is -2.41. The Kier molecular flexibility index (Phi) is 1.85. The molecule has 0 heterocycles. The Morgan fingerprint density at radius 2 is 2.27 bits per heavy atom.